The first-order valence-electron chi connectivity index (χ1n) is 10.3. The Bertz CT molecular complexity index is 1260. The Morgan fingerprint density at radius 2 is 1.73 bits per heavy atom. The Labute approximate surface area is 217 Å². The monoisotopic (exact) mass is 560 g/mol. The van der Waals surface area contributed by atoms with E-state index in [2.05, 4.69) is 20.8 Å². The highest BCUT2D eigenvalue weighted by molar-refractivity contribution is 7.99. The number of halogens is 4. The number of thioether (sulfide) groups is 1. The highest BCUT2D eigenvalue weighted by Crippen LogP contribution is 2.38. The number of aromatic nitrogens is 2. The molecule has 3 rings (SSSR count). The molecule has 0 saturated heterocycles. The molecule has 10 nitrogen and oxygen atoms in total. The van der Waals surface area contributed by atoms with Gasteiger partial charge in [0.25, 0.3) is 11.1 Å². The van der Waals surface area contributed by atoms with E-state index in [1.54, 1.807) is 0 Å². The Morgan fingerprint density at radius 3 is 2.32 bits per heavy atom. The number of anilines is 1. The first kappa shape index (κ1) is 27.9. The van der Waals surface area contributed by atoms with Gasteiger partial charge in [-0.25, -0.2) is 0 Å². The van der Waals surface area contributed by atoms with Crippen LogP contribution < -0.4 is 24.8 Å². The van der Waals surface area contributed by atoms with Crippen molar-refractivity contribution in [3.63, 3.8) is 0 Å². The number of nitrogens with one attached hydrogen (secondary N) is 2. The van der Waals surface area contributed by atoms with Crippen molar-refractivity contribution >= 4 is 40.9 Å². The predicted octanol–water partition coefficient (Wildman–Crippen LogP) is 4.43. The molecule has 0 bridgehead atoms. The van der Waals surface area contributed by atoms with Crippen LogP contribution in [-0.4, -0.2) is 49.1 Å². The molecule has 198 valence electrons. The minimum absolute atomic E-state index is 0.0160. The molecule has 0 radical (unpaired) electrons. The van der Waals surface area contributed by atoms with Gasteiger partial charge in [0.05, 0.1) is 49.9 Å². The standard InChI is InChI=1S/C22H20ClF3N4O6S/c1-33-15-6-11(7-16(34-2)19(15)35-3)20(32)27-9-18-29-30-21(36-18)37-10-17(31)28-14-8-12(22(24,25)26)4-5-13(14)23/h4-8H,9-10H2,1-3H3,(H,27,32)(H,28,31). The number of hydrogen-bond acceptors (Lipinski definition) is 9. The van der Waals surface area contributed by atoms with Crippen LogP contribution in [0.5, 0.6) is 17.2 Å². The van der Waals surface area contributed by atoms with Crippen molar-refractivity contribution in [2.45, 2.75) is 17.9 Å². The second-order valence-corrected chi connectivity index (χ2v) is 8.42. The molecular formula is C22H20ClF3N4O6S. The van der Waals surface area contributed by atoms with Crippen molar-refractivity contribution in [1.82, 2.24) is 15.5 Å². The zero-order valence-electron chi connectivity index (χ0n) is 19.6. The van der Waals surface area contributed by atoms with E-state index in [1.165, 1.54) is 33.5 Å². The van der Waals surface area contributed by atoms with Crippen LogP contribution in [0.2, 0.25) is 5.02 Å². The van der Waals surface area contributed by atoms with E-state index in [0.29, 0.717) is 17.2 Å². The van der Waals surface area contributed by atoms with Crippen LogP contribution in [0.25, 0.3) is 0 Å². The van der Waals surface area contributed by atoms with Crippen molar-refractivity contribution in [3.8, 4) is 17.2 Å². The molecule has 0 aliphatic rings. The fraction of sp³-hybridized carbons (Fsp3) is 0.273. The van der Waals surface area contributed by atoms with Gasteiger partial charge in [0.2, 0.25) is 17.5 Å². The SMILES string of the molecule is COc1cc(C(=O)NCc2nnc(SCC(=O)Nc3cc(C(F)(F)F)ccc3Cl)o2)cc(OC)c1OC. The number of benzene rings is 2. The molecule has 2 amide bonds. The minimum atomic E-state index is -4.58. The third-order valence-corrected chi connectivity index (χ3v) is 5.82. The fourth-order valence-electron chi connectivity index (χ4n) is 2.95. The van der Waals surface area contributed by atoms with Gasteiger partial charge >= 0.3 is 6.18 Å². The van der Waals surface area contributed by atoms with Gasteiger partial charge in [-0.2, -0.15) is 13.2 Å². The smallest absolute Gasteiger partial charge is 0.416 e. The van der Waals surface area contributed by atoms with Crippen LogP contribution in [0, 0.1) is 0 Å². The van der Waals surface area contributed by atoms with E-state index in [9.17, 15) is 22.8 Å². The summed E-state index contributed by atoms with van der Waals surface area (Å²) in [5.74, 6) is -0.373. The molecule has 2 aromatic carbocycles. The molecule has 0 saturated carbocycles. The van der Waals surface area contributed by atoms with Gasteiger partial charge in [-0.1, -0.05) is 23.4 Å². The maximum atomic E-state index is 12.9. The van der Waals surface area contributed by atoms with Crippen molar-refractivity contribution < 1.29 is 41.4 Å². The summed E-state index contributed by atoms with van der Waals surface area (Å²) in [6.45, 7) is -0.116. The van der Waals surface area contributed by atoms with Crippen molar-refractivity contribution in [1.29, 1.82) is 0 Å². The Kier molecular flexibility index (Phi) is 9.10. The van der Waals surface area contributed by atoms with Gasteiger partial charge in [-0.05, 0) is 30.3 Å². The first-order chi connectivity index (χ1) is 17.5. The summed E-state index contributed by atoms with van der Waals surface area (Å²) in [4.78, 5) is 24.8. The average Bonchev–Trinajstić information content (AvgIpc) is 3.33. The number of nitrogens with zero attached hydrogens (tertiary/aromatic N) is 2. The lowest BCUT2D eigenvalue weighted by Gasteiger charge is -2.13. The van der Waals surface area contributed by atoms with E-state index in [4.69, 9.17) is 30.2 Å². The maximum Gasteiger partial charge on any atom is 0.416 e. The van der Waals surface area contributed by atoms with Crippen molar-refractivity contribution in [3.05, 3.63) is 52.4 Å². The predicted molar refractivity (Wildman–Crippen MR) is 127 cm³/mol. The summed E-state index contributed by atoms with van der Waals surface area (Å²) in [5.41, 5.74) is -0.897. The van der Waals surface area contributed by atoms with Crippen LogP contribution in [0.4, 0.5) is 18.9 Å². The van der Waals surface area contributed by atoms with Crippen LogP contribution in [0.15, 0.2) is 40.0 Å². The summed E-state index contributed by atoms with van der Waals surface area (Å²) in [6, 6.07) is 5.55. The van der Waals surface area contributed by atoms with E-state index in [-0.39, 0.29) is 39.7 Å². The molecule has 0 aliphatic heterocycles. The van der Waals surface area contributed by atoms with Gasteiger partial charge in [-0.15, -0.1) is 10.2 Å². The van der Waals surface area contributed by atoms with Gasteiger partial charge in [0.1, 0.15) is 0 Å². The third-order valence-electron chi connectivity index (χ3n) is 4.67. The number of ether oxygens (including phenoxy) is 3. The second-order valence-electron chi connectivity index (χ2n) is 7.09. The number of carbonyl (C=O) groups excluding carboxylic acids is 2. The zero-order chi connectivity index (χ0) is 27.2. The number of methoxy groups -OCH3 is 3. The van der Waals surface area contributed by atoms with Crippen LogP contribution in [0.1, 0.15) is 21.8 Å². The maximum absolute atomic E-state index is 12.9. The first-order valence-corrected chi connectivity index (χ1v) is 11.6. The largest absolute Gasteiger partial charge is 0.493 e. The molecule has 3 aromatic rings. The summed E-state index contributed by atoms with van der Waals surface area (Å²) >= 11 is 6.73. The topological polar surface area (TPSA) is 125 Å². The fourth-order valence-corrected chi connectivity index (χ4v) is 3.69. The lowest BCUT2D eigenvalue weighted by atomic mass is 10.1. The summed E-state index contributed by atoms with van der Waals surface area (Å²) in [5, 5.41) is 12.5. The highest BCUT2D eigenvalue weighted by Gasteiger charge is 2.31. The molecular weight excluding hydrogens is 541 g/mol. The van der Waals surface area contributed by atoms with E-state index in [0.717, 1.165) is 30.0 Å². The van der Waals surface area contributed by atoms with E-state index in [1.807, 2.05) is 0 Å². The number of rotatable bonds is 10. The normalized spacial score (nSPS) is 11.1. The number of carbonyl (C=O) groups is 2. The van der Waals surface area contributed by atoms with E-state index < -0.39 is 23.6 Å². The Balaban J connectivity index is 1.55. The van der Waals surface area contributed by atoms with Crippen molar-refractivity contribution in [2.24, 2.45) is 0 Å². The molecule has 0 spiro atoms. The number of alkyl halides is 3. The molecule has 15 heteroatoms. The molecule has 2 N–H and O–H groups in total. The highest BCUT2D eigenvalue weighted by atomic mass is 35.5. The zero-order valence-corrected chi connectivity index (χ0v) is 21.1. The molecule has 0 atom stereocenters. The van der Waals surface area contributed by atoms with Gasteiger partial charge in [0.15, 0.2) is 11.5 Å². The van der Waals surface area contributed by atoms with E-state index >= 15 is 0 Å². The Morgan fingerprint density at radius 1 is 1.05 bits per heavy atom. The number of hydrogen-bond donors (Lipinski definition) is 2. The summed E-state index contributed by atoms with van der Waals surface area (Å²) in [7, 11) is 4.28. The molecule has 0 aliphatic carbocycles. The van der Waals surface area contributed by atoms with Gasteiger partial charge in [-0.3, -0.25) is 9.59 Å². The molecule has 37 heavy (non-hydrogen) atoms. The lowest BCUT2D eigenvalue weighted by molar-refractivity contribution is -0.137. The Hall–Kier alpha value is -3.65. The molecule has 1 aromatic heterocycles. The van der Waals surface area contributed by atoms with Gasteiger partial charge < -0.3 is 29.3 Å². The average molecular weight is 561 g/mol. The summed E-state index contributed by atoms with van der Waals surface area (Å²) < 4.78 is 59.7. The van der Waals surface area contributed by atoms with Crippen LogP contribution in [-0.2, 0) is 17.5 Å². The molecule has 0 fully saturated rings. The van der Waals surface area contributed by atoms with Gasteiger partial charge in [0, 0.05) is 5.56 Å². The summed E-state index contributed by atoms with van der Waals surface area (Å²) in [6.07, 6.45) is -4.58. The van der Waals surface area contributed by atoms with Crippen molar-refractivity contribution in [2.75, 3.05) is 32.4 Å². The molecule has 0 unspecified atom stereocenters. The van der Waals surface area contributed by atoms with Crippen LogP contribution in [0.3, 0.4) is 0 Å². The quantitative estimate of drug-likeness (QED) is 0.346. The molecule has 1 heterocycles. The second kappa shape index (κ2) is 12.1. The number of amides is 2. The third kappa shape index (κ3) is 7.20. The minimum Gasteiger partial charge on any atom is -0.493 e. The van der Waals surface area contributed by atoms with Crippen LogP contribution >= 0.6 is 23.4 Å². The lowest BCUT2D eigenvalue weighted by Crippen LogP contribution is -2.23.